The number of nitrogens with zero attached hydrogens (tertiary/aromatic N) is 2. The number of nitrogens with one attached hydrogen (secondary N) is 1. The predicted octanol–water partition coefficient (Wildman–Crippen LogP) is 4.73. The number of likely N-dealkylation sites (tertiary alicyclic amines) is 1. The van der Waals surface area contributed by atoms with E-state index < -0.39 is 11.7 Å². The van der Waals surface area contributed by atoms with E-state index in [2.05, 4.69) is 10.3 Å². The van der Waals surface area contributed by atoms with Crippen LogP contribution in [0.3, 0.4) is 0 Å². The summed E-state index contributed by atoms with van der Waals surface area (Å²) in [5.74, 6) is 0.260. The van der Waals surface area contributed by atoms with Gasteiger partial charge in [0.1, 0.15) is 5.82 Å². The third kappa shape index (κ3) is 4.04. The van der Waals surface area contributed by atoms with Gasteiger partial charge in [0.25, 0.3) is 5.91 Å². The molecule has 1 N–H and O–H groups in total. The normalized spacial score (nSPS) is 14.6. The highest BCUT2D eigenvalue weighted by Gasteiger charge is 2.33. The lowest BCUT2D eigenvalue weighted by molar-refractivity contribution is -0.137. The number of hydrogen-bond acceptors (Lipinski definition) is 3. The molecular weight excluding hydrogens is 355 g/mol. The van der Waals surface area contributed by atoms with E-state index in [1.54, 1.807) is 17.0 Å². The van der Waals surface area contributed by atoms with Crippen molar-refractivity contribution in [1.29, 1.82) is 0 Å². The smallest absolute Gasteiger partial charge is 0.340 e. The fourth-order valence-electron chi connectivity index (χ4n) is 2.67. The van der Waals surface area contributed by atoms with Gasteiger partial charge in [-0.2, -0.15) is 13.2 Å². The lowest BCUT2D eigenvalue weighted by Gasteiger charge is -2.15. The van der Waals surface area contributed by atoms with Gasteiger partial charge in [0, 0.05) is 25.0 Å². The number of benzene rings is 1. The minimum atomic E-state index is -4.53. The summed E-state index contributed by atoms with van der Waals surface area (Å²) >= 11 is 5.60. The number of alkyl halides is 3. The average molecular weight is 370 g/mol. The van der Waals surface area contributed by atoms with Gasteiger partial charge in [0.05, 0.1) is 16.1 Å². The van der Waals surface area contributed by atoms with Gasteiger partial charge in [-0.1, -0.05) is 11.6 Å². The minimum absolute atomic E-state index is 0.0811. The summed E-state index contributed by atoms with van der Waals surface area (Å²) in [4.78, 5) is 18.1. The quantitative estimate of drug-likeness (QED) is 0.850. The number of hydrogen-bond donors (Lipinski definition) is 1. The van der Waals surface area contributed by atoms with Crippen LogP contribution in [0.4, 0.5) is 24.7 Å². The summed E-state index contributed by atoms with van der Waals surface area (Å²) in [6, 6.07) is 6.70. The molecule has 4 nitrogen and oxygen atoms in total. The van der Waals surface area contributed by atoms with Crippen LogP contribution in [-0.2, 0) is 6.18 Å². The lowest BCUT2D eigenvalue weighted by Crippen LogP contribution is -2.27. The Balaban J connectivity index is 1.74. The molecule has 2 aromatic rings. The highest BCUT2D eigenvalue weighted by Crippen LogP contribution is 2.36. The molecule has 0 unspecified atom stereocenters. The maximum absolute atomic E-state index is 12.9. The van der Waals surface area contributed by atoms with Gasteiger partial charge in [-0.15, -0.1) is 0 Å². The second-order valence-corrected chi connectivity index (χ2v) is 6.16. The summed E-state index contributed by atoms with van der Waals surface area (Å²) in [5.41, 5.74) is -0.248. The predicted molar refractivity (Wildman–Crippen MR) is 89.1 cm³/mol. The molecule has 1 aromatic heterocycles. The van der Waals surface area contributed by atoms with Crippen molar-refractivity contribution in [3.8, 4) is 0 Å². The van der Waals surface area contributed by atoms with Gasteiger partial charge in [-0.05, 0) is 43.2 Å². The maximum Gasteiger partial charge on any atom is 0.417 e. The molecule has 25 heavy (non-hydrogen) atoms. The maximum atomic E-state index is 12.9. The van der Waals surface area contributed by atoms with Crippen molar-refractivity contribution in [2.24, 2.45) is 0 Å². The average Bonchev–Trinajstić information content (AvgIpc) is 3.10. The van der Waals surface area contributed by atoms with E-state index >= 15 is 0 Å². The number of pyridine rings is 1. The van der Waals surface area contributed by atoms with E-state index in [-0.39, 0.29) is 16.6 Å². The molecular formula is C17H15ClF3N3O. The number of amides is 1. The molecule has 1 aliphatic rings. The van der Waals surface area contributed by atoms with Crippen molar-refractivity contribution in [2.75, 3.05) is 18.4 Å². The van der Waals surface area contributed by atoms with Crippen LogP contribution in [-0.4, -0.2) is 28.9 Å². The Hall–Kier alpha value is -2.28. The Morgan fingerprint density at radius 1 is 1.16 bits per heavy atom. The molecule has 0 spiro atoms. The van der Waals surface area contributed by atoms with Crippen molar-refractivity contribution in [1.82, 2.24) is 9.88 Å². The minimum Gasteiger partial charge on any atom is -0.340 e. The Bertz CT molecular complexity index is 772. The molecule has 1 saturated heterocycles. The largest absolute Gasteiger partial charge is 0.417 e. The number of carbonyl (C=O) groups is 1. The van der Waals surface area contributed by atoms with Gasteiger partial charge in [0.15, 0.2) is 0 Å². The number of rotatable bonds is 3. The summed E-state index contributed by atoms with van der Waals surface area (Å²) in [7, 11) is 0. The van der Waals surface area contributed by atoms with Gasteiger partial charge >= 0.3 is 6.18 Å². The third-order valence-electron chi connectivity index (χ3n) is 3.95. The van der Waals surface area contributed by atoms with Crippen LogP contribution in [0.25, 0.3) is 0 Å². The second kappa shape index (κ2) is 6.92. The molecule has 0 saturated carbocycles. The van der Waals surface area contributed by atoms with E-state index in [9.17, 15) is 18.0 Å². The standard InChI is InChI=1S/C17H15ClF3N3O/c18-14-5-4-12(9-13(14)17(19,20)21)23-15-6-3-11(10-22-15)16(25)24-7-1-2-8-24/h3-6,9-10H,1-2,7-8H2,(H,22,23). The van der Waals surface area contributed by atoms with Crippen LogP contribution in [0.15, 0.2) is 36.5 Å². The van der Waals surface area contributed by atoms with Crippen LogP contribution in [0.1, 0.15) is 28.8 Å². The van der Waals surface area contributed by atoms with Gasteiger partial charge < -0.3 is 10.2 Å². The Morgan fingerprint density at radius 2 is 1.88 bits per heavy atom. The zero-order chi connectivity index (χ0) is 18.0. The first-order valence-electron chi connectivity index (χ1n) is 7.74. The van der Waals surface area contributed by atoms with Gasteiger partial charge in [-0.25, -0.2) is 4.98 Å². The molecule has 3 rings (SSSR count). The summed E-state index contributed by atoms with van der Waals surface area (Å²) in [5, 5.41) is 2.42. The van der Waals surface area contributed by atoms with Crippen LogP contribution in [0.2, 0.25) is 5.02 Å². The molecule has 132 valence electrons. The van der Waals surface area contributed by atoms with E-state index in [1.807, 2.05) is 0 Å². The first-order valence-corrected chi connectivity index (χ1v) is 8.11. The molecule has 0 atom stereocenters. The van der Waals surface area contributed by atoms with Crippen LogP contribution < -0.4 is 5.32 Å². The van der Waals surface area contributed by atoms with Crippen molar-refractivity contribution in [2.45, 2.75) is 19.0 Å². The molecule has 1 aliphatic heterocycles. The van der Waals surface area contributed by atoms with Gasteiger partial charge in [0.2, 0.25) is 0 Å². The second-order valence-electron chi connectivity index (χ2n) is 5.75. The Morgan fingerprint density at radius 3 is 2.48 bits per heavy atom. The lowest BCUT2D eigenvalue weighted by atomic mass is 10.2. The summed E-state index contributed by atoms with van der Waals surface area (Å²) in [6.45, 7) is 1.48. The van der Waals surface area contributed by atoms with E-state index in [0.717, 1.165) is 32.0 Å². The van der Waals surface area contributed by atoms with Gasteiger partial charge in [-0.3, -0.25) is 4.79 Å². The van der Waals surface area contributed by atoms with Crippen molar-refractivity contribution >= 4 is 29.0 Å². The highest BCUT2D eigenvalue weighted by atomic mass is 35.5. The van der Waals surface area contributed by atoms with E-state index in [1.165, 1.54) is 18.3 Å². The Labute approximate surface area is 147 Å². The monoisotopic (exact) mass is 369 g/mol. The topological polar surface area (TPSA) is 45.2 Å². The molecule has 0 radical (unpaired) electrons. The van der Waals surface area contributed by atoms with Crippen LogP contribution in [0, 0.1) is 0 Å². The van der Waals surface area contributed by atoms with Crippen LogP contribution in [0.5, 0.6) is 0 Å². The number of carbonyl (C=O) groups excluding carboxylic acids is 1. The fourth-order valence-corrected chi connectivity index (χ4v) is 2.89. The summed E-state index contributed by atoms with van der Waals surface area (Å²) in [6.07, 6.45) is -1.12. The van der Waals surface area contributed by atoms with Crippen LogP contribution >= 0.6 is 11.6 Å². The Kier molecular flexibility index (Phi) is 4.85. The molecule has 0 bridgehead atoms. The third-order valence-corrected chi connectivity index (χ3v) is 4.28. The fraction of sp³-hybridized carbons (Fsp3) is 0.294. The molecule has 1 fully saturated rings. The SMILES string of the molecule is O=C(c1ccc(Nc2ccc(Cl)c(C(F)(F)F)c2)nc1)N1CCCC1. The molecule has 1 amide bonds. The first-order chi connectivity index (χ1) is 11.8. The molecule has 2 heterocycles. The van der Waals surface area contributed by atoms with Crippen molar-refractivity contribution in [3.63, 3.8) is 0 Å². The zero-order valence-corrected chi connectivity index (χ0v) is 13.9. The first kappa shape index (κ1) is 17.5. The van der Waals surface area contributed by atoms with Crippen molar-refractivity contribution < 1.29 is 18.0 Å². The molecule has 0 aliphatic carbocycles. The number of aromatic nitrogens is 1. The van der Waals surface area contributed by atoms with Crippen molar-refractivity contribution in [3.05, 3.63) is 52.7 Å². The molecule has 8 heteroatoms. The van der Waals surface area contributed by atoms with E-state index in [4.69, 9.17) is 11.6 Å². The summed E-state index contributed by atoms with van der Waals surface area (Å²) < 4.78 is 38.7. The number of halogens is 4. The molecule has 1 aromatic carbocycles. The highest BCUT2D eigenvalue weighted by molar-refractivity contribution is 6.31. The zero-order valence-electron chi connectivity index (χ0n) is 13.1. The van der Waals surface area contributed by atoms with E-state index in [0.29, 0.717) is 11.4 Å². The number of anilines is 2.